The molecule has 1 heterocycles. The molecule has 1 aliphatic heterocycles. The summed E-state index contributed by atoms with van der Waals surface area (Å²) in [6.45, 7) is 4.83. The SMILES string of the molecule is CC1(CNc2ccc(S(C)(=O)=O)cc2F)CCNCC1. The number of anilines is 1. The summed E-state index contributed by atoms with van der Waals surface area (Å²) in [5.74, 6) is -0.523. The van der Waals surface area contributed by atoms with Crippen LogP contribution in [0.4, 0.5) is 10.1 Å². The number of hydrogen-bond donors (Lipinski definition) is 2. The first-order valence-electron chi connectivity index (χ1n) is 6.74. The molecule has 1 aromatic rings. The summed E-state index contributed by atoms with van der Waals surface area (Å²) in [7, 11) is -3.37. The second-order valence-corrected chi connectivity index (χ2v) is 7.84. The Kier molecular flexibility index (Phi) is 4.34. The normalized spacial score (nSPS) is 18.8. The minimum absolute atomic E-state index is 0.00799. The first kappa shape index (κ1) is 15.3. The number of piperidine rings is 1. The molecular weight excluding hydrogens is 279 g/mol. The van der Waals surface area contributed by atoms with Crippen LogP contribution in [0.25, 0.3) is 0 Å². The zero-order valence-corrected chi connectivity index (χ0v) is 12.7. The maximum atomic E-state index is 13.9. The van der Waals surface area contributed by atoms with E-state index in [-0.39, 0.29) is 10.3 Å². The summed E-state index contributed by atoms with van der Waals surface area (Å²) in [5.41, 5.74) is 0.505. The summed E-state index contributed by atoms with van der Waals surface area (Å²) >= 11 is 0. The van der Waals surface area contributed by atoms with Crippen molar-refractivity contribution in [3.63, 3.8) is 0 Å². The van der Waals surface area contributed by atoms with Gasteiger partial charge in [-0.15, -0.1) is 0 Å². The van der Waals surface area contributed by atoms with Crippen molar-refractivity contribution in [1.29, 1.82) is 0 Å². The minimum atomic E-state index is -3.37. The van der Waals surface area contributed by atoms with Crippen LogP contribution in [0.3, 0.4) is 0 Å². The van der Waals surface area contributed by atoms with Crippen molar-refractivity contribution >= 4 is 15.5 Å². The standard InChI is InChI=1S/C14H21FN2O2S/c1-14(5-7-16-8-6-14)10-17-13-4-3-11(9-12(13)15)20(2,18)19/h3-4,9,16-17H,5-8,10H2,1-2H3. The van der Waals surface area contributed by atoms with Gasteiger partial charge in [0.2, 0.25) is 0 Å². The van der Waals surface area contributed by atoms with Crippen molar-refractivity contribution in [3.05, 3.63) is 24.0 Å². The molecule has 1 saturated heterocycles. The van der Waals surface area contributed by atoms with Crippen LogP contribution in [0, 0.1) is 11.2 Å². The molecule has 0 radical (unpaired) electrons. The van der Waals surface area contributed by atoms with E-state index in [1.165, 1.54) is 12.1 Å². The third-order valence-electron chi connectivity index (χ3n) is 3.88. The Labute approximate surface area is 119 Å². The molecule has 0 aromatic heterocycles. The lowest BCUT2D eigenvalue weighted by Gasteiger charge is -2.34. The lowest BCUT2D eigenvalue weighted by molar-refractivity contribution is 0.247. The van der Waals surface area contributed by atoms with Gasteiger partial charge in [0.05, 0.1) is 10.6 Å². The van der Waals surface area contributed by atoms with Gasteiger partial charge in [0.25, 0.3) is 0 Å². The van der Waals surface area contributed by atoms with Crippen LogP contribution in [0.5, 0.6) is 0 Å². The van der Waals surface area contributed by atoms with Gasteiger partial charge < -0.3 is 10.6 Å². The fourth-order valence-electron chi connectivity index (χ4n) is 2.39. The van der Waals surface area contributed by atoms with Gasteiger partial charge in [0.1, 0.15) is 5.82 Å². The number of rotatable bonds is 4. The van der Waals surface area contributed by atoms with E-state index < -0.39 is 15.7 Å². The van der Waals surface area contributed by atoms with Crippen LogP contribution in [0.15, 0.2) is 23.1 Å². The van der Waals surface area contributed by atoms with E-state index in [1.54, 1.807) is 0 Å². The van der Waals surface area contributed by atoms with E-state index in [9.17, 15) is 12.8 Å². The average molecular weight is 300 g/mol. The highest BCUT2D eigenvalue weighted by atomic mass is 32.2. The molecular formula is C14H21FN2O2S. The highest BCUT2D eigenvalue weighted by molar-refractivity contribution is 7.90. The van der Waals surface area contributed by atoms with Gasteiger partial charge in [-0.2, -0.15) is 0 Å². The second-order valence-electron chi connectivity index (χ2n) is 5.83. The molecule has 4 nitrogen and oxygen atoms in total. The summed E-state index contributed by atoms with van der Waals surface area (Å²) in [5, 5.41) is 6.41. The van der Waals surface area contributed by atoms with Crippen LogP contribution < -0.4 is 10.6 Å². The smallest absolute Gasteiger partial charge is 0.175 e. The van der Waals surface area contributed by atoms with Crippen LogP contribution in [0.2, 0.25) is 0 Å². The van der Waals surface area contributed by atoms with E-state index in [1.807, 2.05) is 0 Å². The van der Waals surface area contributed by atoms with Gasteiger partial charge in [-0.3, -0.25) is 0 Å². The van der Waals surface area contributed by atoms with E-state index in [0.29, 0.717) is 12.2 Å². The molecule has 112 valence electrons. The Balaban J connectivity index is 2.07. The maximum Gasteiger partial charge on any atom is 0.175 e. The summed E-state index contributed by atoms with van der Waals surface area (Å²) < 4.78 is 36.6. The molecule has 0 spiro atoms. The third-order valence-corrected chi connectivity index (χ3v) is 5.00. The molecule has 0 amide bonds. The average Bonchev–Trinajstić information content (AvgIpc) is 2.37. The lowest BCUT2D eigenvalue weighted by atomic mass is 9.81. The zero-order chi connectivity index (χ0) is 14.8. The topological polar surface area (TPSA) is 58.2 Å². The predicted octanol–water partition coefficient (Wildman–Crippen LogP) is 2.03. The first-order valence-corrected chi connectivity index (χ1v) is 8.64. The molecule has 0 unspecified atom stereocenters. The molecule has 0 saturated carbocycles. The highest BCUT2D eigenvalue weighted by Gasteiger charge is 2.26. The number of sulfone groups is 1. The zero-order valence-electron chi connectivity index (χ0n) is 11.9. The molecule has 1 aromatic carbocycles. The highest BCUT2D eigenvalue weighted by Crippen LogP contribution is 2.29. The molecule has 0 aliphatic carbocycles. The molecule has 20 heavy (non-hydrogen) atoms. The summed E-state index contributed by atoms with van der Waals surface area (Å²) in [6, 6.07) is 4.00. The van der Waals surface area contributed by atoms with Crippen molar-refractivity contribution in [2.75, 3.05) is 31.2 Å². The minimum Gasteiger partial charge on any atom is -0.382 e. The van der Waals surface area contributed by atoms with Crippen LogP contribution in [-0.2, 0) is 9.84 Å². The van der Waals surface area contributed by atoms with Gasteiger partial charge in [-0.25, -0.2) is 12.8 Å². The molecule has 1 fully saturated rings. The van der Waals surface area contributed by atoms with Crippen molar-refractivity contribution in [2.45, 2.75) is 24.7 Å². The van der Waals surface area contributed by atoms with E-state index in [4.69, 9.17) is 0 Å². The summed E-state index contributed by atoms with van der Waals surface area (Å²) in [4.78, 5) is 0.00799. The van der Waals surface area contributed by atoms with Gasteiger partial charge in [0.15, 0.2) is 9.84 Å². The van der Waals surface area contributed by atoms with E-state index in [0.717, 1.165) is 38.3 Å². The fourth-order valence-corrected chi connectivity index (χ4v) is 3.02. The molecule has 6 heteroatoms. The predicted molar refractivity (Wildman–Crippen MR) is 78.2 cm³/mol. The lowest BCUT2D eigenvalue weighted by Crippen LogP contribution is -2.39. The Hall–Kier alpha value is -1.14. The Morgan fingerprint density at radius 3 is 2.55 bits per heavy atom. The second kappa shape index (κ2) is 5.69. The number of halogens is 1. The molecule has 0 atom stereocenters. The maximum absolute atomic E-state index is 13.9. The van der Waals surface area contributed by atoms with Crippen molar-refractivity contribution in [2.24, 2.45) is 5.41 Å². The summed E-state index contributed by atoms with van der Waals surface area (Å²) in [6.07, 6.45) is 3.16. The monoisotopic (exact) mass is 300 g/mol. The van der Waals surface area contributed by atoms with Gasteiger partial charge in [0, 0.05) is 12.8 Å². The molecule has 2 rings (SSSR count). The third kappa shape index (κ3) is 3.70. The van der Waals surface area contributed by atoms with Gasteiger partial charge in [-0.1, -0.05) is 6.92 Å². The Bertz CT molecular complexity index is 581. The molecule has 0 bridgehead atoms. The Morgan fingerprint density at radius 1 is 1.35 bits per heavy atom. The van der Waals surface area contributed by atoms with Crippen molar-refractivity contribution < 1.29 is 12.8 Å². The van der Waals surface area contributed by atoms with E-state index in [2.05, 4.69) is 17.6 Å². The van der Waals surface area contributed by atoms with Crippen LogP contribution in [0.1, 0.15) is 19.8 Å². The fraction of sp³-hybridized carbons (Fsp3) is 0.571. The quantitative estimate of drug-likeness (QED) is 0.893. The Morgan fingerprint density at radius 2 is 2.00 bits per heavy atom. The first-order chi connectivity index (χ1) is 9.30. The molecule has 2 N–H and O–H groups in total. The van der Waals surface area contributed by atoms with E-state index >= 15 is 0 Å². The van der Waals surface area contributed by atoms with Crippen molar-refractivity contribution in [3.8, 4) is 0 Å². The van der Waals surface area contributed by atoms with Gasteiger partial charge >= 0.3 is 0 Å². The van der Waals surface area contributed by atoms with Crippen LogP contribution >= 0.6 is 0 Å². The molecule has 1 aliphatic rings. The largest absolute Gasteiger partial charge is 0.382 e. The van der Waals surface area contributed by atoms with Crippen molar-refractivity contribution in [1.82, 2.24) is 5.32 Å². The number of benzene rings is 1. The van der Waals surface area contributed by atoms with Crippen LogP contribution in [-0.4, -0.2) is 34.3 Å². The van der Waals surface area contributed by atoms with Gasteiger partial charge in [-0.05, 0) is 49.5 Å². The number of nitrogens with one attached hydrogen (secondary N) is 2. The number of hydrogen-bond acceptors (Lipinski definition) is 4.